The largest absolute Gasteiger partial charge is 0.398 e. The van der Waals surface area contributed by atoms with Gasteiger partial charge in [0.05, 0.1) is 5.75 Å². The van der Waals surface area contributed by atoms with E-state index in [0.29, 0.717) is 18.0 Å². The lowest BCUT2D eigenvalue weighted by Gasteiger charge is -2.07. The molecule has 0 spiro atoms. The summed E-state index contributed by atoms with van der Waals surface area (Å²) in [6.07, 6.45) is 3.98. The van der Waals surface area contributed by atoms with Crippen molar-refractivity contribution in [1.29, 1.82) is 0 Å². The first-order valence-corrected chi connectivity index (χ1v) is 10.5. The second-order valence-electron chi connectivity index (χ2n) is 4.30. The number of sulfonamides is 1. The van der Waals surface area contributed by atoms with Crippen LogP contribution < -0.4 is 10.5 Å². The molecule has 0 fully saturated rings. The predicted octanol–water partition coefficient (Wildman–Crippen LogP) is 2.42. The molecule has 0 saturated heterocycles. The van der Waals surface area contributed by atoms with E-state index in [1.165, 1.54) is 11.8 Å². The van der Waals surface area contributed by atoms with Crippen molar-refractivity contribution in [3.05, 3.63) is 24.3 Å². The van der Waals surface area contributed by atoms with Gasteiger partial charge in [-0.1, -0.05) is 12.1 Å². The van der Waals surface area contributed by atoms with Gasteiger partial charge >= 0.3 is 0 Å². The van der Waals surface area contributed by atoms with E-state index >= 15 is 0 Å². The second kappa shape index (κ2) is 9.55. The molecule has 0 atom stereocenters. The number of rotatable bonds is 10. The van der Waals surface area contributed by atoms with Crippen LogP contribution >= 0.6 is 23.5 Å². The van der Waals surface area contributed by atoms with Crippen LogP contribution in [0.25, 0.3) is 0 Å². The van der Waals surface area contributed by atoms with Crippen molar-refractivity contribution in [3.63, 3.8) is 0 Å². The Morgan fingerprint density at radius 3 is 2.65 bits per heavy atom. The number of hydrogen-bond donors (Lipinski definition) is 2. The molecule has 0 bridgehead atoms. The van der Waals surface area contributed by atoms with E-state index in [1.54, 1.807) is 11.8 Å². The lowest BCUT2D eigenvalue weighted by Crippen LogP contribution is -2.28. The topological polar surface area (TPSA) is 72.2 Å². The first-order chi connectivity index (χ1) is 9.55. The lowest BCUT2D eigenvalue weighted by atomic mass is 10.3. The number of nitrogens with two attached hydrogens (primary N) is 1. The van der Waals surface area contributed by atoms with Gasteiger partial charge in [0.2, 0.25) is 10.0 Å². The van der Waals surface area contributed by atoms with Crippen LogP contribution in [0.5, 0.6) is 0 Å². The molecule has 0 aliphatic carbocycles. The SMILES string of the molecule is CSCCCCNS(=O)(=O)CCSc1ccccc1N. The number of anilines is 1. The van der Waals surface area contributed by atoms with Gasteiger partial charge < -0.3 is 5.73 Å². The number of unbranched alkanes of at least 4 members (excludes halogenated alkanes) is 1. The summed E-state index contributed by atoms with van der Waals surface area (Å²) in [6, 6.07) is 7.49. The van der Waals surface area contributed by atoms with Gasteiger partial charge in [0.1, 0.15) is 0 Å². The summed E-state index contributed by atoms with van der Waals surface area (Å²) in [6.45, 7) is 0.529. The van der Waals surface area contributed by atoms with Crippen molar-refractivity contribution >= 4 is 39.2 Å². The van der Waals surface area contributed by atoms with Gasteiger partial charge in [-0.15, -0.1) is 11.8 Å². The zero-order valence-corrected chi connectivity index (χ0v) is 14.1. The van der Waals surface area contributed by atoms with Crippen molar-refractivity contribution < 1.29 is 8.42 Å². The Balaban J connectivity index is 2.24. The highest BCUT2D eigenvalue weighted by molar-refractivity contribution is 8.00. The van der Waals surface area contributed by atoms with E-state index in [0.717, 1.165) is 23.5 Å². The molecule has 0 unspecified atom stereocenters. The van der Waals surface area contributed by atoms with Gasteiger partial charge in [0.15, 0.2) is 0 Å². The number of benzene rings is 1. The van der Waals surface area contributed by atoms with Gasteiger partial charge in [0, 0.05) is 22.9 Å². The average Bonchev–Trinajstić information content (AvgIpc) is 2.40. The van der Waals surface area contributed by atoms with E-state index in [-0.39, 0.29) is 5.75 Å². The molecule has 3 N–H and O–H groups in total. The third-order valence-corrected chi connectivity index (χ3v) is 6.06. The van der Waals surface area contributed by atoms with Crippen LogP contribution in [-0.2, 0) is 10.0 Å². The molecule has 114 valence electrons. The molecule has 1 aromatic rings. The zero-order chi connectivity index (χ0) is 14.8. The third kappa shape index (κ3) is 7.42. The van der Waals surface area contributed by atoms with Crippen molar-refractivity contribution in [2.45, 2.75) is 17.7 Å². The predicted molar refractivity (Wildman–Crippen MR) is 91.0 cm³/mol. The lowest BCUT2D eigenvalue weighted by molar-refractivity contribution is 0.580. The standard InChI is InChI=1S/C13H22N2O2S3/c1-18-9-5-4-8-15-20(16,17)11-10-19-13-7-3-2-6-12(13)14/h2-3,6-7,15H,4-5,8-11,14H2,1H3. The minimum atomic E-state index is -3.17. The van der Waals surface area contributed by atoms with Crippen LogP contribution in [0.4, 0.5) is 5.69 Å². The number of hydrogen-bond acceptors (Lipinski definition) is 5. The Hall–Kier alpha value is -0.370. The molecule has 0 radical (unpaired) electrons. The molecule has 20 heavy (non-hydrogen) atoms. The molecule has 7 heteroatoms. The fraction of sp³-hybridized carbons (Fsp3) is 0.538. The zero-order valence-electron chi connectivity index (χ0n) is 11.7. The number of thioether (sulfide) groups is 2. The van der Waals surface area contributed by atoms with Crippen molar-refractivity contribution in [1.82, 2.24) is 4.72 Å². The quantitative estimate of drug-likeness (QED) is 0.390. The van der Waals surface area contributed by atoms with Crippen LogP contribution in [0.1, 0.15) is 12.8 Å². The maximum Gasteiger partial charge on any atom is 0.212 e. The van der Waals surface area contributed by atoms with Gasteiger partial charge in [-0.25, -0.2) is 13.1 Å². The van der Waals surface area contributed by atoms with Gasteiger partial charge in [0.25, 0.3) is 0 Å². The molecular formula is C13H22N2O2S3. The Bertz CT molecular complexity index is 492. The van der Waals surface area contributed by atoms with E-state index < -0.39 is 10.0 Å². The number of nitrogen functional groups attached to an aromatic ring is 1. The summed E-state index contributed by atoms with van der Waals surface area (Å²) in [5, 5.41) is 0. The Morgan fingerprint density at radius 1 is 1.20 bits per heavy atom. The fourth-order valence-electron chi connectivity index (χ4n) is 1.54. The second-order valence-corrected chi connectivity index (χ2v) is 8.35. The molecule has 1 rings (SSSR count). The van der Waals surface area contributed by atoms with Crippen LogP contribution in [0.2, 0.25) is 0 Å². The minimum absolute atomic E-state index is 0.120. The first-order valence-electron chi connectivity index (χ1n) is 6.49. The summed E-state index contributed by atoms with van der Waals surface area (Å²) >= 11 is 3.25. The van der Waals surface area contributed by atoms with Crippen LogP contribution in [0, 0.1) is 0 Å². The molecule has 0 heterocycles. The Labute approximate surface area is 130 Å². The molecule has 0 amide bonds. The first kappa shape index (κ1) is 17.7. The molecule has 0 aromatic heterocycles. The van der Waals surface area contributed by atoms with Gasteiger partial charge in [-0.05, 0) is 37.0 Å². The molecule has 0 saturated carbocycles. The maximum absolute atomic E-state index is 11.8. The Morgan fingerprint density at radius 2 is 1.95 bits per heavy atom. The van der Waals surface area contributed by atoms with E-state index in [1.807, 2.05) is 24.3 Å². The van der Waals surface area contributed by atoms with Gasteiger partial charge in [-0.2, -0.15) is 11.8 Å². The van der Waals surface area contributed by atoms with Crippen molar-refractivity contribution in [2.75, 3.05) is 35.8 Å². The van der Waals surface area contributed by atoms with Crippen LogP contribution in [-0.4, -0.2) is 38.5 Å². The monoisotopic (exact) mass is 334 g/mol. The molecule has 0 aliphatic rings. The van der Waals surface area contributed by atoms with E-state index in [2.05, 4.69) is 11.0 Å². The fourth-order valence-corrected chi connectivity index (χ4v) is 4.48. The normalized spacial score (nSPS) is 11.7. The molecule has 1 aromatic carbocycles. The minimum Gasteiger partial charge on any atom is -0.398 e. The summed E-state index contributed by atoms with van der Waals surface area (Å²) in [5.41, 5.74) is 6.50. The highest BCUT2D eigenvalue weighted by Crippen LogP contribution is 2.24. The van der Waals surface area contributed by atoms with Gasteiger partial charge in [-0.3, -0.25) is 0 Å². The smallest absolute Gasteiger partial charge is 0.212 e. The number of nitrogens with one attached hydrogen (secondary N) is 1. The summed E-state index contributed by atoms with van der Waals surface area (Å²) < 4.78 is 26.2. The summed E-state index contributed by atoms with van der Waals surface area (Å²) in [7, 11) is -3.17. The number of para-hydroxylation sites is 1. The van der Waals surface area contributed by atoms with E-state index in [4.69, 9.17) is 5.73 Å². The summed E-state index contributed by atoms with van der Waals surface area (Å²) in [5.74, 6) is 1.70. The Kier molecular flexibility index (Phi) is 8.44. The molecular weight excluding hydrogens is 312 g/mol. The third-order valence-electron chi connectivity index (χ3n) is 2.63. The molecule has 0 aliphatic heterocycles. The van der Waals surface area contributed by atoms with Crippen molar-refractivity contribution in [2.24, 2.45) is 0 Å². The highest BCUT2D eigenvalue weighted by Gasteiger charge is 2.09. The average molecular weight is 335 g/mol. The van der Waals surface area contributed by atoms with E-state index in [9.17, 15) is 8.42 Å². The van der Waals surface area contributed by atoms with Crippen LogP contribution in [0.15, 0.2) is 29.2 Å². The maximum atomic E-state index is 11.8. The highest BCUT2D eigenvalue weighted by atomic mass is 32.2. The van der Waals surface area contributed by atoms with Crippen molar-refractivity contribution in [3.8, 4) is 0 Å². The summed E-state index contributed by atoms with van der Waals surface area (Å²) in [4.78, 5) is 0.933. The van der Waals surface area contributed by atoms with Crippen LogP contribution in [0.3, 0.4) is 0 Å². The molecule has 4 nitrogen and oxygen atoms in total.